The summed E-state index contributed by atoms with van der Waals surface area (Å²) in [5.74, 6) is 0. The number of benzene rings is 2. The lowest BCUT2D eigenvalue weighted by Gasteiger charge is -2.30. The average Bonchev–Trinajstić information content (AvgIpc) is 2.98. The van der Waals surface area contributed by atoms with Crippen LogP contribution < -0.4 is 0 Å². The van der Waals surface area contributed by atoms with Crippen LogP contribution in [0.3, 0.4) is 0 Å². The first-order chi connectivity index (χ1) is 13.2. The van der Waals surface area contributed by atoms with Crippen LogP contribution in [0, 0.1) is 0 Å². The molecule has 1 unspecified atom stereocenters. The third-order valence-corrected chi connectivity index (χ3v) is 6.00. The van der Waals surface area contributed by atoms with Crippen LogP contribution in [-0.2, 0) is 12.6 Å². The van der Waals surface area contributed by atoms with E-state index in [4.69, 9.17) is 23.2 Å². The van der Waals surface area contributed by atoms with Gasteiger partial charge in [-0.1, -0.05) is 35.3 Å². The van der Waals surface area contributed by atoms with E-state index in [-0.39, 0.29) is 17.1 Å². The van der Waals surface area contributed by atoms with Crippen LogP contribution in [0.1, 0.15) is 34.8 Å². The van der Waals surface area contributed by atoms with E-state index in [2.05, 4.69) is 4.90 Å². The highest BCUT2D eigenvalue weighted by Gasteiger charge is 2.34. The predicted octanol–water partition coefficient (Wildman–Crippen LogP) is 5.76. The van der Waals surface area contributed by atoms with Crippen molar-refractivity contribution < 1.29 is 18.3 Å². The number of rotatable bonds is 3. The highest BCUT2D eigenvalue weighted by Crippen LogP contribution is 2.40. The molecule has 0 amide bonds. The van der Waals surface area contributed by atoms with Crippen LogP contribution in [-0.4, -0.2) is 29.6 Å². The van der Waals surface area contributed by atoms with Gasteiger partial charge >= 0.3 is 6.18 Å². The number of halogens is 5. The molecule has 2 aromatic rings. The van der Waals surface area contributed by atoms with Gasteiger partial charge in [0.1, 0.15) is 0 Å². The van der Waals surface area contributed by atoms with Crippen molar-refractivity contribution in [3.8, 4) is 0 Å². The van der Waals surface area contributed by atoms with Crippen molar-refractivity contribution in [2.24, 2.45) is 0 Å². The van der Waals surface area contributed by atoms with Gasteiger partial charge in [-0.3, -0.25) is 4.90 Å². The van der Waals surface area contributed by atoms with Gasteiger partial charge in [0.2, 0.25) is 0 Å². The smallest absolute Gasteiger partial charge is 0.387 e. The fourth-order valence-corrected chi connectivity index (χ4v) is 4.46. The number of β-amino-alcohol motifs (C(OH)–C–C–N with tert-alkyl or cyclic N) is 1. The van der Waals surface area contributed by atoms with Gasteiger partial charge in [-0.2, -0.15) is 13.2 Å². The van der Waals surface area contributed by atoms with Gasteiger partial charge in [-0.25, -0.2) is 0 Å². The van der Waals surface area contributed by atoms with Crippen molar-refractivity contribution >= 4 is 28.8 Å². The number of hydrogen-bond acceptors (Lipinski definition) is 2. The fraction of sp³-hybridized carbons (Fsp3) is 0.333. The van der Waals surface area contributed by atoms with Crippen molar-refractivity contribution in [2.45, 2.75) is 25.1 Å². The molecule has 4 rings (SSSR count). The van der Waals surface area contributed by atoms with Gasteiger partial charge in [0.05, 0.1) is 16.7 Å². The van der Waals surface area contributed by atoms with Gasteiger partial charge < -0.3 is 5.11 Å². The first-order valence-electron chi connectivity index (χ1n) is 8.99. The molecule has 1 atom stereocenters. The second-order valence-electron chi connectivity index (χ2n) is 7.30. The molecule has 2 aromatic carbocycles. The lowest BCUT2D eigenvalue weighted by atomic mass is 9.98. The van der Waals surface area contributed by atoms with E-state index in [0.29, 0.717) is 11.6 Å². The molecule has 1 aliphatic carbocycles. The molecule has 0 spiro atoms. The van der Waals surface area contributed by atoms with Gasteiger partial charge in [-0.05, 0) is 64.9 Å². The molecule has 0 aromatic heterocycles. The van der Waals surface area contributed by atoms with E-state index in [1.807, 2.05) is 18.2 Å². The predicted molar refractivity (Wildman–Crippen MR) is 105 cm³/mol. The number of alkyl halides is 3. The normalized spacial score (nSPS) is 18.2. The number of hydrogen-bond donors (Lipinski definition) is 1. The third kappa shape index (κ3) is 3.81. The highest BCUT2D eigenvalue weighted by molar-refractivity contribution is 6.31. The minimum Gasteiger partial charge on any atom is -0.387 e. The largest absolute Gasteiger partial charge is 0.417 e. The van der Waals surface area contributed by atoms with Crippen molar-refractivity contribution in [1.29, 1.82) is 0 Å². The quantitative estimate of drug-likeness (QED) is 0.672. The molecule has 7 heteroatoms. The molecule has 148 valence electrons. The summed E-state index contributed by atoms with van der Waals surface area (Å²) in [6.07, 6.45) is -3.87. The Labute approximate surface area is 171 Å². The Balaban J connectivity index is 1.48. The maximum absolute atomic E-state index is 13.1. The van der Waals surface area contributed by atoms with Crippen LogP contribution in [0.15, 0.2) is 42.0 Å². The van der Waals surface area contributed by atoms with Crippen molar-refractivity contribution in [1.82, 2.24) is 4.90 Å². The topological polar surface area (TPSA) is 23.5 Å². The minimum atomic E-state index is -4.55. The number of aliphatic hydroxyl groups excluding tert-OH is 1. The summed E-state index contributed by atoms with van der Waals surface area (Å²) in [6.45, 7) is 1.70. The zero-order valence-electron chi connectivity index (χ0n) is 14.9. The Hall–Kier alpha value is -1.53. The molecule has 28 heavy (non-hydrogen) atoms. The Kier molecular flexibility index (Phi) is 5.21. The summed E-state index contributed by atoms with van der Waals surface area (Å²) in [5, 5.41) is 10.9. The lowest BCUT2D eigenvalue weighted by Crippen LogP contribution is -2.34. The molecule has 0 fully saturated rings. The first-order valence-corrected chi connectivity index (χ1v) is 9.74. The summed E-state index contributed by atoms with van der Waals surface area (Å²) in [7, 11) is 0. The number of fused-ring (bicyclic) bond motifs is 2. The fourth-order valence-electron chi connectivity index (χ4n) is 4.07. The summed E-state index contributed by atoms with van der Waals surface area (Å²) in [4.78, 5) is 2.08. The zero-order valence-corrected chi connectivity index (χ0v) is 16.4. The molecule has 0 saturated heterocycles. The first kappa shape index (κ1) is 19.8. The molecule has 1 N–H and O–H groups in total. The van der Waals surface area contributed by atoms with Gasteiger partial charge in [-0.15, -0.1) is 0 Å². The third-order valence-electron chi connectivity index (χ3n) is 5.43. The average molecular weight is 428 g/mol. The summed E-state index contributed by atoms with van der Waals surface area (Å²) in [5.41, 5.74) is 4.37. The van der Waals surface area contributed by atoms with Crippen LogP contribution in [0.25, 0.3) is 5.57 Å². The molecular formula is C21H18Cl2F3NO. The van der Waals surface area contributed by atoms with Crippen LogP contribution in [0.2, 0.25) is 10.0 Å². The van der Waals surface area contributed by atoms with Gasteiger partial charge in [0.25, 0.3) is 0 Å². The summed E-state index contributed by atoms with van der Waals surface area (Å²) < 4.78 is 39.2. The molecular weight excluding hydrogens is 410 g/mol. The van der Waals surface area contributed by atoms with E-state index in [1.54, 1.807) is 0 Å². The Morgan fingerprint density at radius 1 is 1.11 bits per heavy atom. The maximum atomic E-state index is 13.1. The van der Waals surface area contributed by atoms with E-state index in [0.717, 1.165) is 25.5 Å². The minimum absolute atomic E-state index is 0.220. The Morgan fingerprint density at radius 2 is 1.89 bits per heavy atom. The van der Waals surface area contributed by atoms with Crippen molar-refractivity contribution in [3.63, 3.8) is 0 Å². The summed E-state index contributed by atoms with van der Waals surface area (Å²) in [6, 6.07) is 9.51. The standard InChI is InChI=1S/C21H18Cl2F3NO/c22-15-3-1-12-7-14-10-27(6-5-16(14)17(12)9-15)11-20(28)13-2-4-19(23)18(8-13)21(24,25)26/h1-4,8-9,20,28H,5-7,10-11H2. The molecule has 0 saturated carbocycles. The van der Waals surface area contributed by atoms with E-state index in [9.17, 15) is 18.3 Å². The monoisotopic (exact) mass is 427 g/mol. The molecule has 2 aliphatic rings. The molecule has 0 radical (unpaired) electrons. The lowest BCUT2D eigenvalue weighted by molar-refractivity contribution is -0.137. The SMILES string of the molecule is OC(CN1CCC2=C(Cc3ccc(Cl)cc32)C1)c1ccc(Cl)c(C(F)(F)F)c1. The number of nitrogens with zero attached hydrogens (tertiary/aromatic N) is 1. The molecule has 2 nitrogen and oxygen atoms in total. The van der Waals surface area contributed by atoms with Gasteiger partial charge in [0.15, 0.2) is 0 Å². The van der Waals surface area contributed by atoms with Gasteiger partial charge in [0, 0.05) is 24.7 Å². The second kappa shape index (κ2) is 7.38. The number of aliphatic hydroxyl groups is 1. The zero-order chi connectivity index (χ0) is 20.1. The maximum Gasteiger partial charge on any atom is 0.417 e. The summed E-state index contributed by atoms with van der Waals surface area (Å²) >= 11 is 11.8. The van der Waals surface area contributed by atoms with Crippen molar-refractivity contribution in [3.05, 3.63) is 74.3 Å². The van der Waals surface area contributed by atoms with E-state index in [1.165, 1.54) is 34.4 Å². The van der Waals surface area contributed by atoms with Crippen LogP contribution in [0.5, 0.6) is 0 Å². The van der Waals surface area contributed by atoms with Crippen LogP contribution in [0.4, 0.5) is 13.2 Å². The van der Waals surface area contributed by atoms with Crippen LogP contribution >= 0.6 is 23.2 Å². The highest BCUT2D eigenvalue weighted by atomic mass is 35.5. The second-order valence-corrected chi connectivity index (χ2v) is 8.14. The van der Waals surface area contributed by atoms with E-state index < -0.39 is 17.8 Å². The molecule has 1 heterocycles. The van der Waals surface area contributed by atoms with E-state index >= 15 is 0 Å². The Morgan fingerprint density at radius 3 is 2.64 bits per heavy atom. The molecule has 1 aliphatic heterocycles. The molecule has 0 bridgehead atoms. The Bertz CT molecular complexity index is 955. The van der Waals surface area contributed by atoms with Crippen molar-refractivity contribution in [2.75, 3.05) is 19.6 Å².